The molecule has 0 aliphatic carbocycles. The fourth-order valence-corrected chi connectivity index (χ4v) is 2.88. The zero-order valence-electron chi connectivity index (χ0n) is 18.5. The van der Waals surface area contributed by atoms with Gasteiger partial charge in [0, 0.05) is 12.3 Å². The Bertz CT molecular complexity index is 509. The average molecular weight is 427 g/mol. The molecular formula is C22H38N2O4S. The molecule has 0 radical (unpaired) electrons. The molecule has 0 aromatic heterocycles. The molecule has 1 N–H and O–H groups in total. The molecule has 0 fully saturated rings. The summed E-state index contributed by atoms with van der Waals surface area (Å²) in [5, 5.41) is 13.7. The van der Waals surface area contributed by atoms with Gasteiger partial charge >= 0.3 is 0 Å². The Morgan fingerprint density at radius 3 is 2.31 bits per heavy atom. The largest absolute Gasteiger partial charge is 0.379 e. The molecule has 29 heavy (non-hydrogen) atoms. The third-order valence-electron chi connectivity index (χ3n) is 3.80. The molecular weight excluding hydrogens is 388 g/mol. The van der Waals surface area contributed by atoms with Crippen molar-refractivity contribution in [3.8, 4) is 17.2 Å². The number of hydrogen-bond acceptors (Lipinski definition) is 6. The van der Waals surface area contributed by atoms with E-state index in [-0.39, 0.29) is 11.3 Å². The van der Waals surface area contributed by atoms with Crippen LogP contribution in [0.25, 0.3) is 0 Å². The van der Waals surface area contributed by atoms with Crippen molar-refractivity contribution < 1.29 is 19.0 Å². The predicted molar refractivity (Wildman–Crippen MR) is 118 cm³/mol. The number of hydrogen-bond donors (Lipinski definition) is 1. The number of ether oxygens (including phenoxy) is 3. The molecule has 1 amide bonds. The van der Waals surface area contributed by atoms with Gasteiger partial charge in [-0.05, 0) is 30.5 Å². The molecule has 0 saturated carbocycles. The quantitative estimate of drug-likeness (QED) is 0.164. The van der Waals surface area contributed by atoms with Gasteiger partial charge in [-0.15, -0.1) is 0 Å². The number of thiocyanates is 1. The Kier molecular flexibility index (Phi) is 19.2. The molecule has 0 unspecified atom stereocenters. The number of rotatable bonds is 17. The molecule has 7 heteroatoms. The number of thioether (sulfide) groups is 1. The molecule has 6 nitrogen and oxygen atoms in total. The van der Waals surface area contributed by atoms with Gasteiger partial charge in [-0.3, -0.25) is 4.79 Å². The van der Waals surface area contributed by atoms with Crippen LogP contribution in [0, 0.1) is 34.3 Å². The summed E-state index contributed by atoms with van der Waals surface area (Å²) in [5.74, 6) is 6.86. The first-order valence-corrected chi connectivity index (χ1v) is 11.4. The summed E-state index contributed by atoms with van der Waals surface area (Å²) in [6.45, 7) is 11.0. The van der Waals surface area contributed by atoms with Crippen molar-refractivity contribution >= 4 is 17.7 Å². The van der Waals surface area contributed by atoms with Crippen molar-refractivity contribution in [1.29, 1.82) is 5.26 Å². The van der Waals surface area contributed by atoms with Gasteiger partial charge in [0.1, 0.15) is 10.8 Å². The predicted octanol–water partition coefficient (Wildman–Crippen LogP) is 3.96. The van der Waals surface area contributed by atoms with Crippen LogP contribution in [0.15, 0.2) is 0 Å². The van der Waals surface area contributed by atoms with E-state index in [1.165, 1.54) is 24.6 Å². The number of unbranched alkanes of at least 4 members (excludes halogenated alkanes) is 1. The fourth-order valence-electron chi connectivity index (χ4n) is 2.31. The maximum absolute atomic E-state index is 11.6. The normalized spacial score (nSPS) is 11.8. The van der Waals surface area contributed by atoms with Crippen molar-refractivity contribution in [1.82, 2.24) is 5.32 Å². The minimum Gasteiger partial charge on any atom is -0.379 e. The second-order valence-corrected chi connectivity index (χ2v) is 8.36. The van der Waals surface area contributed by atoms with Gasteiger partial charge < -0.3 is 19.5 Å². The average Bonchev–Trinajstić information content (AvgIpc) is 2.66. The topological polar surface area (TPSA) is 80.6 Å². The highest BCUT2D eigenvalue weighted by atomic mass is 32.2. The molecule has 1 atom stereocenters. The van der Waals surface area contributed by atoms with Gasteiger partial charge in [-0.1, -0.05) is 52.4 Å². The van der Waals surface area contributed by atoms with Crippen molar-refractivity contribution in [2.75, 3.05) is 39.6 Å². The lowest BCUT2D eigenvalue weighted by Gasteiger charge is -2.14. The molecule has 0 rings (SSSR count). The molecule has 0 aliphatic rings. The third-order valence-corrected chi connectivity index (χ3v) is 4.54. The summed E-state index contributed by atoms with van der Waals surface area (Å²) < 4.78 is 16.6. The smallest absolute Gasteiger partial charge is 0.223 e. The van der Waals surface area contributed by atoms with E-state index in [1.54, 1.807) is 0 Å². The SMILES string of the molecule is CC(C)C#CCNC(=O)CCOCCOCCO[C@H](CCCCC(C)C)SC#N. The Hall–Kier alpha value is -1.25. The van der Waals surface area contributed by atoms with Crippen LogP contribution in [0.5, 0.6) is 0 Å². The van der Waals surface area contributed by atoms with Gasteiger partial charge in [0.05, 0.1) is 39.6 Å². The zero-order valence-corrected chi connectivity index (χ0v) is 19.3. The van der Waals surface area contributed by atoms with Crippen molar-refractivity contribution in [3.63, 3.8) is 0 Å². The van der Waals surface area contributed by atoms with Crippen molar-refractivity contribution in [2.24, 2.45) is 11.8 Å². The molecule has 166 valence electrons. The van der Waals surface area contributed by atoms with Crippen LogP contribution in [-0.4, -0.2) is 50.9 Å². The second kappa shape index (κ2) is 20.0. The minimum absolute atomic E-state index is 0.0631. The Balaban J connectivity index is 3.55. The van der Waals surface area contributed by atoms with Gasteiger partial charge in [0.2, 0.25) is 5.91 Å². The number of nitrogens with zero attached hydrogens (tertiary/aromatic N) is 1. The van der Waals surface area contributed by atoms with E-state index in [4.69, 9.17) is 19.5 Å². The first-order valence-electron chi connectivity index (χ1n) is 10.5. The maximum Gasteiger partial charge on any atom is 0.223 e. The Morgan fingerprint density at radius 2 is 1.66 bits per heavy atom. The maximum atomic E-state index is 11.6. The number of nitrogens with one attached hydrogen (secondary N) is 1. The van der Waals surface area contributed by atoms with Crippen LogP contribution in [0.3, 0.4) is 0 Å². The van der Waals surface area contributed by atoms with E-state index < -0.39 is 0 Å². The lowest BCUT2D eigenvalue weighted by molar-refractivity contribution is -0.122. The molecule has 0 heterocycles. The van der Waals surface area contributed by atoms with E-state index in [1.807, 2.05) is 13.8 Å². The van der Waals surface area contributed by atoms with Crippen LogP contribution in [0.1, 0.15) is 59.8 Å². The van der Waals surface area contributed by atoms with Crippen molar-refractivity contribution in [3.05, 3.63) is 0 Å². The first-order chi connectivity index (χ1) is 14.0. The highest BCUT2D eigenvalue weighted by molar-refractivity contribution is 8.04. The summed E-state index contributed by atoms with van der Waals surface area (Å²) in [4.78, 5) is 11.6. The van der Waals surface area contributed by atoms with Crippen LogP contribution < -0.4 is 5.32 Å². The van der Waals surface area contributed by atoms with Crippen molar-refractivity contribution in [2.45, 2.75) is 65.2 Å². The lowest BCUT2D eigenvalue weighted by atomic mass is 10.1. The number of amides is 1. The molecule has 0 saturated heterocycles. The van der Waals surface area contributed by atoms with E-state index in [0.29, 0.717) is 57.8 Å². The van der Waals surface area contributed by atoms with Crippen LogP contribution in [0.4, 0.5) is 0 Å². The van der Waals surface area contributed by atoms with E-state index in [9.17, 15) is 4.79 Å². The van der Waals surface area contributed by atoms with Crippen LogP contribution >= 0.6 is 11.8 Å². The number of nitriles is 1. The third kappa shape index (κ3) is 21.3. The number of carbonyl (C=O) groups is 1. The summed E-state index contributed by atoms with van der Waals surface area (Å²) >= 11 is 1.18. The first kappa shape index (κ1) is 27.8. The monoisotopic (exact) mass is 426 g/mol. The van der Waals surface area contributed by atoms with Crippen LogP contribution in [0.2, 0.25) is 0 Å². The lowest BCUT2D eigenvalue weighted by Crippen LogP contribution is -2.25. The highest BCUT2D eigenvalue weighted by Gasteiger charge is 2.09. The zero-order chi connectivity index (χ0) is 21.7. The summed E-state index contributed by atoms with van der Waals surface area (Å²) in [6.07, 6.45) is 4.65. The molecule has 0 aromatic rings. The highest BCUT2D eigenvalue weighted by Crippen LogP contribution is 2.19. The number of carbonyl (C=O) groups excluding carboxylic acids is 1. The molecule has 0 bridgehead atoms. The van der Waals surface area contributed by atoms with Gasteiger partial charge in [0.25, 0.3) is 0 Å². The Morgan fingerprint density at radius 1 is 1.00 bits per heavy atom. The van der Waals surface area contributed by atoms with Gasteiger partial charge in [0.15, 0.2) is 0 Å². The Labute approximate surface area is 181 Å². The van der Waals surface area contributed by atoms with Gasteiger partial charge in [-0.25, -0.2) is 0 Å². The molecule has 0 aromatic carbocycles. The molecule has 0 spiro atoms. The fraction of sp³-hybridized carbons (Fsp3) is 0.818. The van der Waals surface area contributed by atoms with Crippen LogP contribution in [-0.2, 0) is 19.0 Å². The molecule has 0 aliphatic heterocycles. The summed E-state index contributed by atoms with van der Waals surface area (Å²) in [7, 11) is 0. The summed E-state index contributed by atoms with van der Waals surface area (Å²) in [6, 6.07) is 0. The minimum atomic E-state index is -0.0873. The standard InChI is InChI=1S/C22H38N2O4S/c1-19(2)8-5-6-10-22(29-18-23)28-17-16-27-15-14-26-13-11-21(25)24-12-7-9-20(3)4/h19-20,22H,5-6,8,10-17H2,1-4H3,(H,24,25)/t22-/m0/s1. The second-order valence-electron chi connectivity index (χ2n) is 7.42. The van der Waals surface area contributed by atoms with E-state index in [0.717, 1.165) is 12.8 Å². The van der Waals surface area contributed by atoms with E-state index >= 15 is 0 Å². The van der Waals surface area contributed by atoms with Gasteiger partial charge in [-0.2, -0.15) is 5.26 Å². The van der Waals surface area contributed by atoms with E-state index in [2.05, 4.69) is 36.4 Å². The summed E-state index contributed by atoms with van der Waals surface area (Å²) in [5.41, 5.74) is -0.0873.